The zero-order valence-corrected chi connectivity index (χ0v) is 14.2. The van der Waals surface area contributed by atoms with Crippen LogP contribution in [0.25, 0.3) is 0 Å². The number of rotatable bonds is 13. The zero-order chi connectivity index (χ0) is 18.5. The van der Waals surface area contributed by atoms with E-state index in [0.29, 0.717) is 32.5 Å². The summed E-state index contributed by atoms with van der Waals surface area (Å²) in [5.41, 5.74) is 0.913. The molecule has 0 heterocycles. The lowest BCUT2D eigenvalue weighted by molar-refractivity contribution is -0.145. The van der Waals surface area contributed by atoms with Gasteiger partial charge in [0.05, 0.1) is 6.42 Å². The van der Waals surface area contributed by atoms with E-state index in [2.05, 4.69) is 0 Å². The minimum Gasteiger partial charge on any atom is -0.481 e. The molecule has 0 amide bonds. The second-order valence-corrected chi connectivity index (χ2v) is 5.73. The number of aliphatic carboxylic acids is 2. The summed E-state index contributed by atoms with van der Waals surface area (Å²) in [6, 6.07) is 9.37. The molecule has 1 aromatic carbocycles. The van der Waals surface area contributed by atoms with Crippen LogP contribution in [0.1, 0.15) is 37.7 Å². The maximum atomic E-state index is 11.8. The van der Waals surface area contributed by atoms with E-state index in [4.69, 9.17) is 14.9 Å². The molecule has 25 heavy (non-hydrogen) atoms. The highest BCUT2D eigenvalue weighted by atomic mass is 16.5. The molecule has 0 aliphatic heterocycles. The van der Waals surface area contributed by atoms with E-state index in [9.17, 15) is 14.4 Å². The summed E-state index contributed by atoms with van der Waals surface area (Å²) in [5, 5.41) is 17.4. The highest BCUT2D eigenvalue weighted by Gasteiger charge is 2.11. The Labute approximate surface area is 147 Å². The van der Waals surface area contributed by atoms with Crippen LogP contribution in [0.3, 0.4) is 0 Å². The van der Waals surface area contributed by atoms with Gasteiger partial charge in [-0.25, -0.2) is 0 Å². The van der Waals surface area contributed by atoms with Crippen LogP contribution >= 0.6 is 0 Å². The van der Waals surface area contributed by atoms with Crippen molar-refractivity contribution < 1.29 is 29.3 Å². The second-order valence-electron chi connectivity index (χ2n) is 5.73. The number of hydrogen-bond donors (Lipinski definition) is 2. The van der Waals surface area contributed by atoms with Crippen LogP contribution in [-0.4, -0.2) is 52.7 Å². The van der Waals surface area contributed by atoms with E-state index in [0.717, 1.165) is 5.56 Å². The van der Waals surface area contributed by atoms with Crippen molar-refractivity contribution in [3.8, 4) is 0 Å². The summed E-state index contributed by atoms with van der Waals surface area (Å²) in [6.07, 6.45) is 1.21. The van der Waals surface area contributed by atoms with E-state index in [1.165, 1.54) is 0 Å². The Bertz CT molecular complexity index is 526. The molecule has 7 heteroatoms. The number of esters is 1. The van der Waals surface area contributed by atoms with Crippen molar-refractivity contribution in [1.29, 1.82) is 0 Å². The monoisotopic (exact) mass is 351 g/mol. The summed E-state index contributed by atoms with van der Waals surface area (Å²) < 4.78 is 5.21. The summed E-state index contributed by atoms with van der Waals surface area (Å²) in [6.45, 7) is 1.67. The normalized spacial score (nSPS) is 10.6. The number of carboxylic acids is 2. The van der Waals surface area contributed by atoms with Crippen molar-refractivity contribution in [3.63, 3.8) is 0 Å². The third-order valence-electron chi connectivity index (χ3n) is 3.60. The molecule has 0 fully saturated rings. The number of nitrogens with zero attached hydrogens (tertiary/aromatic N) is 1. The van der Waals surface area contributed by atoms with E-state index in [-0.39, 0.29) is 31.8 Å². The van der Waals surface area contributed by atoms with Crippen molar-refractivity contribution >= 4 is 17.9 Å². The van der Waals surface area contributed by atoms with E-state index < -0.39 is 11.9 Å². The summed E-state index contributed by atoms with van der Waals surface area (Å²) in [5.74, 6) is -2.06. The van der Waals surface area contributed by atoms with Gasteiger partial charge >= 0.3 is 17.9 Å². The molecule has 0 atom stereocenters. The van der Waals surface area contributed by atoms with Crippen molar-refractivity contribution in [2.75, 3.05) is 19.6 Å². The molecular formula is C18H25NO6. The Morgan fingerprint density at radius 1 is 0.840 bits per heavy atom. The minimum absolute atomic E-state index is 0.0495. The molecule has 2 N–H and O–H groups in total. The van der Waals surface area contributed by atoms with Gasteiger partial charge in [-0.2, -0.15) is 0 Å². The van der Waals surface area contributed by atoms with Crippen LogP contribution in [0.2, 0.25) is 0 Å². The molecule has 0 saturated heterocycles. The lowest BCUT2D eigenvalue weighted by atomic mass is 10.2. The highest BCUT2D eigenvalue weighted by molar-refractivity contribution is 5.69. The topological polar surface area (TPSA) is 104 Å². The predicted molar refractivity (Wildman–Crippen MR) is 91.0 cm³/mol. The van der Waals surface area contributed by atoms with Gasteiger partial charge < -0.3 is 19.8 Å². The van der Waals surface area contributed by atoms with Gasteiger partial charge in [0.25, 0.3) is 0 Å². The smallest absolute Gasteiger partial charge is 0.307 e. The number of benzene rings is 1. The van der Waals surface area contributed by atoms with E-state index in [1.807, 2.05) is 35.2 Å². The Kier molecular flexibility index (Phi) is 9.92. The average Bonchev–Trinajstić information content (AvgIpc) is 2.57. The van der Waals surface area contributed by atoms with Crippen LogP contribution < -0.4 is 0 Å². The number of carbonyl (C=O) groups is 3. The van der Waals surface area contributed by atoms with Crippen LogP contribution in [0, 0.1) is 0 Å². The fourth-order valence-electron chi connectivity index (χ4n) is 2.30. The van der Waals surface area contributed by atoms with Gasteiger partial charge in [-0.3, -0.25) is 14.4 Å². The van der Waals surface area contributed by atoms with Crippen molar-refractivity contribution in [3.05, 3.63) is 35.9 Å². The van der Waals surface area contributed by atoms with Crippen molar-refractivity contribution in [1.82, 2.24) is 4.90 Å². The predicted octanol–water partition coefficient (Wildman–Crippen LogP) is 2.15. The zero-order valence-electron chi connectivity index (χ0n) is 14.2. The first-order chi connectivity index (χ1) is 12.0. The first-order valence-corrected chi connectivity index (χ1v) is 8.33. The second kappa shape index (κ2) is 12.0. The van der Waals surface area contributed by atoms with Gasteiger partial charge in [-0.1, -0.05) is 30.3 Å². The standard InChI is InChI=1S/C18H25NO6/c20-16(21)8-4-11-19(12-5-9-17(22)23)13-10-18(24)25-14-15-6-2-1-3-7-15/h1-3,6-7H,4-5,8-14H2,(H,20,21)(H,22,23). The van der Waals surface area contributed by atoms with Gasteiger partial charge in [0.15, 0.2) is 0 Å². The lowest BCUT2D eigenvalue weighted by Gasteiger charge is -2.21. The molecule has 0 spiro atoms. The molecule has 0 aliphatic carbocycles. The van der Waals surface area contributed by atoms with Crippen LogP contribution in [0.15, 0.2) is 30.3 Å². The van der Waals surface area contributed by atoms with Crippen LogP contribution in [0.4, 0.5) is 0 Å². The molecule has 0 aromatic heterocycles. The van der Waals surface area contributed by atoms with Gasteiger partial charge in [0.1, 0.15) is 6.61 Å². The van der Waals surface area contributed by atoms with Crippen molar-refractivity contribution in [2.24, 2.45) is 0 Å². The number of carbonyl (C=O) groups excluding carboxylic acids is 1. The van der Waals surface area contributed by atoms with E-state index in [1.54, 1.807) is 0 Å². The summed E-state index contributed by atoms with van der Waals surface area (Å²) in [7, 11) is 0. The summed E-state index contributed by atoms with van der Waals surface area (Å²) >= 11 is 0. The van der Waals surface area contributed by atoms with Gasteiger partial charge in [0.2, 0.25) is 0 Å². The quantitative estimate of drug-likeness (QED) is 0.525. The third-order valence-corrected chi connectivity index (χ3v) is 3.60. The molecule has 138 valence electrons. The fraction of sp³-hybridized carbons (Fsp3) is 0.500. The molecular weight excluding hydrogens is 326 g/mol. The molecule has 0 unspecified atom stereocenters. The van der Waals surface area contributed by atoms with Gasteiger partial charge in [-0.05, 0) is 31.5 Å². The highest BCUT2D eigenvalue weighted by Crippen LogP contribution is 2.05. The van der Waals surface area contributed by atoms with Crippen molar-refractivity contribution in [2.45, 2.75) is 38.7 Å². The first-order valence-electron chi connectivity index (χ1n) is 8.33. The molecule has 0 radical (unpaired) electrons. The maximum absolute atomic E-state index is 11.8. The Morgan fingerprint density at radius 2 is 1.40 bits per heavy atom. The lowest BCUT2D eigenvalue weighted by Crippen LogP contribution is -2.29. The molecule has 1 rings (SSSR count). The molecule has 0 saturated carbocycles. The van der Waals surface area contributed by atoms with Crippen LogP contribution in [0.5, 0.6) is 0 Å². The van der Waals surface area contributed by atoms with Gasteiger partial charge in [-0.15, -0.1) is 0 Å². The first kappa shape index (κ1) is 20.6. The number of ether oxygens (including phenoxy) is 1. The average molecular weight is 351 g/mol. The summed E-state index contributed by atoms with van der Waals surface area (Å²) in [4.78, 5) is 35.0. The SMILES string of the molecule is O=C(O)CCCN(CCCC(=O)O)CCC(=O)OCc1ccccc1. The van der Waals surface area contributed by atoms with Gasteiger partial charge in [0, 0.05) is 19.4 Å². The fourth-order valence-corrected chi connectivity index (χ4v) is 2.30. The third kappa shape index (κ3) is 10.9. The largest absolute Gasteiger partial charge is 0.481 e. The molecule has 0 aliphatic rings. The Balaban J connectivity index is 2.33. The number of carboxylic acid groups (broad SMARTS) is 2. The van der Waals surface area contributed by atoms with Crippen LogP contribution in [-0.2, 0) is 25.7 Å². The van der Waals surface area contributed by atoms with E-state index >= 15 is 0 Å². The molecule has 7 nitrogen and oxygen atoms in total. The number of hydrogen-bond acceptors (Lipinski definition) is 5. The minimum atomic E-state index is -0.868. The Morgan fingerprint density at radius 3 is 1.92 bits per heavy atom. The Hall–Kier alpha value is -2.41. The molecule has 0 bridgehead atoms. The maximum Gasteiger partial charge on any atom is 0.307 e. The molecule has 1 aromatic rings.